The van der Waals surface area contributed by atoms with Gasteiger partial charge in [-0.2, -0.15) is 0 Å². The second-order valence-corrected chi connectivity index (χ2v) is 9.21. The van der Waals surface area contributed by atoms with Crippen LogP contribution in [0.2, 0.25) is 0 Å². The van der Waals surface area contributed by atoms with Crippen LogP contribution in [0, 0.1) is 12.3 Å². The molecule has 1 unspecified atom stereocenters. The number of amides is 1. The molecule has 2 aliphatic rings. The number of aliphatic hydroxyl groups is 3. The van der Waals surface area contributed by atoms with Crippen LogP contribution in [0.3, 0.4) is 0 Å². The van der Waals surface area contributed by atoms with Gasteiger partial charge in [-0.25, -0.2) is 13.2 Å². The molecule has 0 aromatic carbocycles. The number of carbonyl (C=O) groups excluding carboxylic acids is 1. The highest BCUT2D eigenvalue weighted by Crippen LogP contribution is 2.34. The van der Waals surface area contributed by atoms with Gasteiger partial charge in [0.1, 0.15) is 24.2 Å². The van der Waals surface area contributed by atoms with Gasteiger partial charge in [-0.1, -0.05) is 38.2 Å². The highest BCUT2D eigenvalue weighted by molar-refractivity contribution is 6.00. The molecular weight excluding hydrogens is 537 g/mol. The molecule has 1 atom stereocenters. The third-order valence-electron chi connectivity index (χ3n) is 5.68. The number of halogens is 3. The maximum atomic E-state index is 14.1. The number of hydrogen-bond acceptors (Lipinski definition) is 7. The molecule has 0 saturated heterocycles. The van der Waals surface area contributed by atoms with Gasteiger partial charge >= 0.3 is 0 Å². The van der Waals surface area contributed by atoms with E-state index in [4.69, 9.17) is 0 Å². The Morgan fingerprint density at radius 3 is 2.46 bits per heavy atom. The van der Waals surface area contributed by atoms with E-state index in [9.17, 15) is 33.3 Å². The number of allylic oxidation sites excluding steroid dienone is 6. The van der Waals surface area contributed by atoms with Crippen molar-refractivity contribution in [3.05, 3.63) is 58.7 Å². The zero-order valence-electron chi connectivity index (χ0n) is 24.8. The number of rotatable bonds is 11. The fourth-order valence-electron chi connectivity index (χ4n) is 3.49. The summed E-state index contributed by atoms with van der Waals surface area (Å²) in [6.45, 7) is 6.41. The molecule has 11 heteroatoms. The maximum absolute atomic E-state index is 14.1. The molecule has 1 saturated carbocycles. The molecular formula is C30H45F3N4O4. The van der Waals surface area contributed by atoms with Crippen molar-refractivity contribution in [2.24, 2.45) is 4.99 Å². The minimum Gasteiger partial charge on any atom is -0.506 e. The lowest BCUT2D eigenvalue weighted by atomic mass is 10.0. The Morgan fingerprint density at radius 2 is 1.98 bits per heavy atom. The summed E-state index contributed by atoms with van der Waals surface area (Å²) in [5.74, 6) is -2.81. The third-order valence-corrected chi connectivity index (χ3v) is 5.68. The van der Waals surface area contributed by atoms with Gasteiger partial charge in [0.15, 0.2) is 0 Å². The predicted octanol–water partition coefficient (Wildman–Crippen LogP) is 4.31. The largest absolute Gasteiger partial charge is 0.506 e. The van der Waals surface area contributed by atoms with Crippen LogP contribution in [0.5, 0.6) is 0 Å². The Kier molecular flexibility index (Phi) is 17.4. The van der Waals surface area contributed by atoms with Crippen molar-refractivity contribution in [2.45, 2.75) is 71.6 Å². The molecule has 1 fully saturated rings. The lowest BCUT2D eigenvalue weighted by Crippen LogP contribution is -2.45. The van der Waals surface area contributed by atoms with Gasteiger partial charge < -0.3 is 25.5 Å². The van der Waals surface area contributed by atoms with Crippen molar-refractivity contribution in [1.29, 1.82) is 0 Å². The molecule has 8 nitrogen and oxygen atoms in total. The van der Waals surface area contributed by atoms with E-state index < -0.39 is 48.2 Å². The van der Waals surface area contributed by atoms with Gasteiger partial charge in [0.25, 0.3) is 11.8 Å². The summed E-state index contributed by atoms with van der Waals surface area (Å²) in [6.07, 6.45) is 12.7. The Morgan fingerprint density at radius 1 is 1.37 bits per heavy atom. The van der Waals surface area contributed by atoms with E-state index in [0.29, 0.717) is 35.9 Å². The predicted molar refractivity (Wildman–Crippen MR) is 158 cm³/mol. The molecule has 5 N–H and O–H groups in total. The van der Waals surface area contributed by atoms with Gasteiger partial charge in [-0.3, -0.25) is 15.1 Å². The zero-order valence-corrected chi connectivity index (χ0v) is 24.8. The molecule has 0 aromatic rings. The van der Waals surface area contributed by atoms with Crippen LogP contribution in [-0.4, -0.2) is 83.4 Å². The van der Waals surface area contributed by atoms with Crippen LogP contribution in [0.15, 0.2) is 63.7 Å². The summed E-state index contributed by atoms with van der Waals surface area (Å²) in [6, 6.07) is 0. The second kappa shape index (κ2) is 18.9. The Labute approximate surface area is 242 Å². The molecule has 0 aromatic heterocycles. The Bertz CT molecular complexity index is 1060. The van der Waals surface area contributed by atoms with E-state index in [1.54, 1.807) is 39.1 Å². The summed E-state index contributed by atoms with van der Waals surface area (Å²) in [5, 5.41) is 36.8. The van der Waals surface area contributed by atoms with Crippen molar-refractivity contribution in [2.75, 3.05) is 33.4 Å². The van der Waals surface area contributed by atoms with E-state index in [-0.39, 0.29) is 19.5 Å². The number of nitrogens with one attached hydrogen (secondary N) is 2. The third kappa shape index (κ3) is 14.2. The fourth-order valence-corrected chi connectivity index (χ4v) is 3.49. The highest BCUT2D eigenvalue weighted by atomic mass is 19.3. The number of carbonyl (C=O) groups is 1. The monoisotopic (exact) mass is 582 g/mol. The van der Waals surface area contributed by atoms with E-state index in [2.05, 4.69) is 28.0 Å². The van der Waals surface area contributed by atoms with Gasteiger partial charge in [-0.15, -0.1) is 12.3 Å². The number of aliphatic hydroxyl groups excluding tert-OH is 2. The lowest BCUT2D eigenvalue weighted by Gasteiger charge is -2.27. The van der Waals surface area contributed by atoms with Gasteiger partial charge in [0.2, 0.25) is 0 Å². The van der Waals surface area contributed by atoms with Crippen molar-refractivity contribution >= 4 is 12.1 Å². The number of aliphatic imine (C=N–C) groups is 1. The number of hydrogen-bond donors (Lipinski definition) is 5. The molecule has 1 aliphatic heterocycles. The van der Waals surface area contributed by atoms with Crippen LogP contribution < -0.4 is 10.6 Å². The topological polar surface area (TPSA) is 117 Å². The first-order chi connectivity index (χ1) is 19.3. The molecule has 0 spiro atoms. The SMILES string of the molecule is C#CC.C/C=C(\C=C/CF)CC1=CCN=C/C(O)=C(/C(O)NCC2(O)CC2)C(=O)N(CC(C)(F)F)/C=C/1NC.CC. The Balaban J connectivity index is 0.00000299. The van der Waals surface area contributed by atoms with Crippen molar-refractivity contribution < 1.29 is 33.3 Å². The second-order valence-electron chi connectivity index (χ2n) is 9.21. The smallest absolute Gasteiger partial charge is 0.263 e. The molecule has 0 radical (unpaired) electrons. The first-order valence-electron chi connectivity index (χ1n) is 13.4. The quantitative estimate of drug-likeness (QED) is 0.141. The molecule has 0 bridgehead atoms. The highest BCUT2D eigenvalue weighted by Gasteiger charge is 2.41. The van der Waals surface area contributed by atoms with Crippen molar-refractivity contribution in [3.63, 3.8) is 0 Å². The van der Waals surface area contributed by atoms with Gasteiger partial charge in [0, 0.05) is 26.7 Å². The zero-order chi connectivity index (χ0) is 31.6. The van der Waals surface area contributed by atoms with Crippen molar-refractivity contribution in [1.82, 2.24) is 15.5 Å². The van der Waals surface area contributed by atoms with Crippen LogP contribution in [0.4, 0.5) is 13.2 Å². The lowest BCUT2D eigenvalue weighted by molar-refractivity contribution is -0.130. The van der Waals surface area contributed by atoms with Crippen molar-refractivity contribution in [3.8, 4) is 12.3 Å². The van der Waals surface area contributed by atoms with Crippen LogP contribution in [-0.2, 0) is 4.79 Å². The molecule has 230 valence electrons. The molecule has 2 rings (SSSR count). The molecule has 41 heavy (non-hydrogen) atoms. The van der Waals surface area contributed by atoms with Crippen LogP contribution in [0.25, 0.3) is 0 Å². The molecule has 1 amide bonds. The van der Waals surface area contributed by atoms with E-state index >= 15 is 0 Å². The summed E-state index contributed by atoms with van der Waals surface area (Å²) in [4.78, 5) is 18.2. The van der Waals surface area contributed by atoms with Gasteiger partial charge in [-0.05, 0) is 44.3 Å². The minimum atomic E-state index is -3.30. The standard InChI is InChI=1S/C25H35F3N4O4.C3H4.C2H6/c1-4-17(6-5-10-26)12-18-7-11-30-13-20(33)21(22(34)31-15-25(36)8-9-25)23(35)32(14-19(18)29-3)16-24(2,27)28;1-3-2;1-2/h4-7,13-14,22,29,31,33-34,36H,8-12,15-16H2,1-3H3;1H,2H3;1-2H3/b6-5-,17-4+,18-7?,19-14-,21-20+,30-13?;;. The summed E-state index contributed by atoms with van der Waals surface area (Å²) >= 11 is 0. The van der Waals surface area contributed by atoms with Crippen LogP contribution in [0.1, 0.15) is 53.9 Å². The summed E-state index contributed by atoms with van der Waals surface area (Å²) in [5.41, 5.74) is 0.0726. The molecule has 1 aliphatic carbocycles. The summed E-state index contributed by atoms with van der Waals surface area (Å²) < 4.78 is 40.9. The van der Waals surface area contributed by atoms with Gasteiger partial charge in [0.05, 0.1) is 30.6 Å². The first kappa shape index (κ1) is 37.7. The van der Waals surface area contributed by atoms with Crippen LogP contribution >= 0.6 is 0 Å². The fraction of sp³-hybridized carbons (Fsp3) is 0.533. The Hall–Kier alpha value is -3.33. The average molecular weight is 583 g/mol. The normalized spacial score (nSPS) is 21.2. The summed E-state index contributed by atoms with van der Waals surface area (Å²) in [7, 11) is 1.56. The van der Waals surface area contributed by atoms with E-state index in [0.717, 1.165) is 11.8 Å². The average Bonchev–Trinajstić information content (AvgIpc) is 3.67. The van der Waals surface area contributed by atoms with E-state index in [1.807, 2.05) is 13.8 Å². The minimum absolute atomic E-state index is 0.0544. The number of alkyl halides is 3. The first-order valence-corrected chi connectivity index (χ1v) is 13.4. The number of nitrogens with zero attached hydrogens (tertiary/aromatic N) is 2. The number of likely N-dealkylation sites (N-methyl/N-ethyl adjacent to an activating group) is 1. The maximum Gasteiger partial charge on any atom is 0.263 e. The number of terminal acetylenes is 1. The molecule has 1 heterocycles. The van der Waals surface area contributed by atoms with E-state index in [1.165, 1.54) is 12.3 Å².